The lowest BCUT2D eigenvalue weighted by Gasteiger charge is -2.40. The number of esters is 1. The number of nitrogens with zero attached hydrogens (tertiary/aromatic N) is 6. The summed E-state index contributed by atoms with van der Waals surface area (Å²) in [5.41, 5.74) is 8.39. The van der Waals surface area contributed by atoms with Gasteiger partial charge in [0.25, 0.3) is 5.56 Å². The largest absolute Gasteiger partial charge is 0.476 e. The molecule has 1 saturated carbocycles. The Balaban J connectivity index is 1.24. The maximum atomic E-state index is 14.3. The van der Waals surface area contributed by atoms with Gasteiger partial charge in [-0.1, -0.05) is 0 Å². The number of carbonyl (C=O) groups excluding carboxylic acids is 1. The minimum atomic E-state index is -0.535. The molecule has 1 aromatic carbocycles. The molecule has 4 aromatic rings. The molecule has 0 radical (unpaired) electrons. The monoisotopic (exact) mass is 641 g/mol. The topological polar surface area (TPSA) is 122 Å². The number of aryl methyl sites for hydroxylation is 2. The Labute approximate surface area is 250 Å². The summed E-state index contributed by atoms with van der Waals surface area (Å²) in [6.07, 6.45) is 7.09. The van der Waals surface area contributed by atoms with Crippen LogP contribution in [0.25, 0.3) is 22.2 Å². The van der Waals surface area contributed by atoms with Gasteiger partial charge in [0, 0.05) is 46.0 Å². The molecule has 1 aliphatic carbocycles. The van der Waals surface area contributed by atoms with Gasteiger partial charge in [0.1, 0.15) is 12.4 Å². The highest BCUT2D eigenvalue weighted by Crippen LogP contribution is 2.45. The Morgan fingerprint density at radius 2 is 1.98 bits per heavy atom. The van der Waals surface area contributed by atoms with E-state index in [0.717, 1.165) is 44.3 Å². The number of pyridine rings is 1. The number of nitrogen functional groups attached to an aromatic ring is 1. The van der Waals surface area contributed by atoms with E-state index in [1.807, 2.05) is 0 Å². The first-order valence-corrected chi connectivity index (χ1v) is 14.7. The van der Waals surface area contributed by atoms with Gasteiger partial charge >= 0.3 is 5.97 Å². The van der Waals surface area contributed by atoms with E-state index in [9.17, 15) is 14.0 Å². The molecule has 7 rings (SSSR count). The normalized spacial score (nSPS) is 20.6. The molecule has 2 bridgehead atoms. The zero-order valence-corrected chi connectivity index (χ0v) is 25.4. The molecule has 13 heteroatoms. The van der Waals surface area contributed by atoms with Gasteiger partial charge in [-0.25, -0.2) is 18.9 Å². The third kappa shape index (κ3) is 4.87. The molecule has 222 valence electrons. The minimum Gasteiger partial charge on any atom is -0.476 e. The number of benzene rings is 1. The van der Waals surface area contributed by atoms with Gasteiger partial charge in [-0.2, -0.15) is 5.10 Å². The van der Waals surface area contributed by atoms with Gasteiger partial charge in [0.15, 0.2) is 0 Å². The lowest BCUT2D eigenvalue weighted by molar-refractivity contribution is 0.0599. The third-order valence-corrected chi connectivity index (χ3v) is 9.30. The van der Waals surface area contributed by atoms with E-state index in [1.165, 1.54) is 30.0 Å². The highest BCUT2D eigenvalue weighted by atomic mass is 79.9. The van der Waals surface area contributed by atoms with Gasteiger partial charge in [0.2, 0.25) is 11.8 Å². The summed E-state index contributed by atoms with van der Waals surface area (Å²) >= 11 is 3.33. The molecular weight excluding hydrogens is 609 g/mol. The molecule has 5 heterocycles. The summed E-state index contributed by atoms with van der Waals surface area (Å²) in [7, 11) is 4.64. The number of hydrogen-bond donors (Lipinski definition) is 1. The number of ether oxygens (including phenoxy) is 2. The number of methoxy groups -OCH3 is 1. The van der Waals surface area contributed by atoms with Gasteiger partial charge in [0.05, 0.1) is 51.0 Å². The summed E-state index contributed by atoms with van der Waals surface area (Å²) in [6.45, 7) is 2.71. The van der Waals surface area contributed by atoms with E-state index in [4.69, 9.17) is 15.2 Å². The highest BCUT2D eigenvalue weighted by molar-refractivity contribution is 9.10. The second-order valence-corrected chi connectivity index (χ2v) is 12.2. The van der Waals surface area contributed by atoms with Crippen LogP contribution < -0.4 is 16.0 Å². The van der Waals surface area contributed by atoms with E-state index >= 15 is 0 Å². The van der Waals surface area contributed by atoms with Crippen LogP contribution in [0.4, 0.5) is 10.3 Å². The molecule has 0 atom stereocenters. The summed E-state index contributed by atoms with van der Waals surface area (Å²) in [5, 5.41) is 4.33. The van der Waals surface area contributed by atoms with E-state index in [2.05, 4.69) is 35.5 Å². The summed E-state index contributed by atoms with van der Waals surface area (Å²) in [6, 6.07) is 4.71. The van der Waals surface area contributed by atoms with Gasteiger partial charge in [-0.05, 0) is 59.7 Å². The van der Waals surface area contributed by atoms with Crippen molar-refractivity contribution in [2.24, 2.45) is 20.0 Å². The average Bonchev–Trinajstić information content (AvgIpc) is 3.34. The summed E-state index contributed by atoms with van der Waals surface area (Å²) in [4.78, 5) is 32.1. The minimum absolute atomic E-state index is 0.260. The van der Waals surface area contributed by atoms with Crippen molar-refractivity contribution in [3.8, 4) is 17.0 Å². The van der Waals surface area contributed by atoms with Crippen LogP contribution >= 0.6 is 15.9 Å². The second kappa shape index (κ2) is 10.8. The number of anilines is 1. The number of hydrogen-bond acceptors (Lipinski definition) is 8. The first kappa shape index (κ1) is 28.4. The van der Waals surface area contributed by atoms with Crippen LogP contribution in [0, 0.1) is 11.7 Å². The van der Waals surface area contributed by atoms with Crippen molar-refractivity contribution in [3.05, 3.63) is 56.8 Å². The molecule has 2 saturated heterocycles. The lowest BCUT2D eigenvalue weighted by atomic mass is 9.78. The Kier molecular flexibility index (Phi) is 7.34. The number of nitrogens with two attached hydrogens (primary N) is 1. The van der Waals surface area contributed by atoms with Crippen molar-refractivity contribution in [2.45, 2.75) is 31.2 Å². The summed E-state index contributed by atoms with van der Waals surface area (Å²) < 4.78 is 30.8. The van der Waals surface area contributed by atoms with Crippen molar-refractivity contribution < 1.29 is 18.7 Å². The molecule has 3 aliphatic rings. The maximum absolute atomic E-state index is 14.3. The molecule has 0 spiro atoms. The number of carbonyl (C=O) groups is 1. The molecular formula is C29H33BrFN7O4. The van der Waals surface area contributed by atoms with Gasteiger partial charge in [-0.3, -0.25) is 9.69 Å². The third-order valence-electron chi connectivity index (χ3n) is 8.69. The van der Waals surface area contributed by atoms with E-state index in [-0.39, 0.29) is 22.5 Å². The molecule has 42 heavy (non-hydrogen) atoms. The van der Waals surface area contributed by atoms with Crippen LogP contribution in [-0.4, -0.2) is 68.1 Å². The van der Waals surface area contributed by atoms with Crippen molar-refractivity contribution >= 4 is 38.9 Å². The lowest BCUT2D eigenvalue weighted by Crippen LogP contribution is -2.44. The van der Waals surface area contributed by atoms with Crippen LogP contribution in [0.15, 0.2) is 39.9 Å². The fraction of sp³-hybridized carbons (Fsp3) is 0.448. The van der Waals surface area contributed by atoms with Gasteiger partial charge in [-0.15, -0.1) is 0 Å². The Morgan fingerprint density at radius 1 is 1.21 bits per heavy atom. The zero-order chi connectivity index (χ0) is 29.8. The number of imidazole rings is 1. The highest BCUT2D eigenvalue weighted by Gasteiger charge is 2.44. The van der Waals surface area contributed by atoms with E-state index in [1.54, 1.807) is 31.0 Å². The molecule has 2 N–H and O–H groups in total. The molecule has 3 aromatic heterocycles. The quantitative estimate of drug-likeness (QED) is 0.303. The van der Waals surface area contributed by atoms with Crippen molar-refractivity contribution in [1.29, 1.82) is 0 Å². The maximum Gasteiger partial charge on any atom is 0.339 e. The molecule has 3 fully saturated rings. The Hall–Kier alpha value is -3.71. The predicted molar refractivity (Wildman–Crippen MR) is 159 cm³/mol. The van der Waals surface area contributed by atoms with Crippen LogP contribution in [0.1, 0.15) is 36.0 Å². The first-order chi connectivity index (χ1) is 20.1. The number of aromatic nitrogens is 5. The molecule has 0 unspecified atom stereocenters. The fourth-order valence-corrected chi connectivity index (χ4v) is 6.98. The summed E-state index contributed by atoms with van der Waals surface area (Å²) in [5.74, 6) is 0.508. The van der Waals surface area contributed by atoms with Crippen molar-refractivity contribution in [2.75, 3.05) is 39.1 Å². The molecule has 11 nitrogen and oxygen atoms in total. The van der Waals surface area contributed by atoms with Crippen LogP contribution in [0.2, 0.25) is 0 Å². The Bertz CT molecular complexity index is 1740. The zero-order valence-electron chi connectivity index (χ0n) is 23.8. The molecule has 2 aliphatic heterocycles. The second-order valence-electron chi connectivity index (χ2n) is 11.3. The Morgan fingerprint density at radius 3 is 2.71 bits per heavy atom. The number of fused-ring (bicyclic) bond motifs is 5. The standard InChI is InChI=1S/C29H33BrFN7O4/c1-35-15-18(27(40)41-3)10-19(25(35)39)20-13-33-36(2)26(20)42-9-8-37-14-17-4-6-29(16-37,7-5-17)38-24-11-21(30)22(31)12-23(24)34-28(38)32/h10-13,15,17H,4-9,14,16H2,1-3H3,(H2,32,34). The van der Waals surface area contributed by atoms with Gasteiger partial charge < -0.3 is 24.3 Å². The SMILES string of the molecule is COC(=O)c1cc(-c2cnn(C)c2OCCN2CC3CCC(n4c(N)nc5cc(F)c(Br)cc54)(CC3)C2)c(=O)n(C)c1. The van der Waals surface area contributed by atoms with E-state index < -0.39 is 5.97 Å². The predicted octanol–water partition coefficient (Wildman–Crippen LogP) is 3.69. The number of halogens is 2. The first-order valence-electron chi connectivity index (χ1n) is 13.9. The number of rotatable bonds is 7. The van der Waals surface area contributed by atoms with Crippen molar-refractivity contribution in [1.82, 2.24) is 28.8 Å². The fourth-order valence-electron chi connectivity index (χ4n) is 6.64. The molecule has 0 amide bonds. The van der Waals surface area contributed by atoms with Crippen LogP contribution in [0.5, 0.6) is 5.88 Å². The van der Waals surface area contributed by atoms with Crippen LogP contribution in [-0.2, 0) is 24.4 Å². The van der Waals surface area contributed by atoms with Crippen LogP contribution in [0.3, 0.4) is 0 Å². The smallest absolute Gasteiger partial charge is 0.339 e. The van der Waals surface area contributed by atoms with Crippen molar-refractivity contribution in [3.63, 3.8) is 0 Å². The average molecular weight is 643 g/mol. The van der Waals surface area contributed by atoms with E-state index in [0.29, 0.717) is 52.0 Å².